The largest absolute Gasteiger partial charge is 0.497 e. The molecule has 0 aromatic heterocycles. The molecule has 152 valence electrons. The molecule has 1 spiro atoms. The predicted molar refractivity (Wildman–Crippen MR) is 115 cm³/mol. The summed E-state index contributed by atoms with van der Waals surface area (Å²) in [5, 5.41) is 0. The molecule has 1 atom stereocenters. The summed E-state index contributed by atoms with van der Waals surface area (Å²) >= 11 is 0. The molecule has 0 aliphatic carbocycles. The van der Waals surface area contributed by atoms with E-state index in [0.717, 1.165) is 35.5 Å². The average molecular weight is 401 g/mol. The highest BCUT2D eigenvalue weighted by molar-refractivity contribution is 5.97. The Kier molecular flexibility index (Phi) is 4.21. The first-order valence-corrected chi connectivity index (χ1v) is 10.2. The molecule has 5 nitrogen and oxygen atoms in total. The molecule has 5 rings (SSSR count). The molecule has 1 unspecified atom stereocenters. The van der Waals surface area contributed by atoms with Crippen molar-refractivity contribution in [1.29, 1.82) is 0 Å². The Hall–Kier alpha value is -3.47. The van der Waals surface area contributed by atoms with E-state index < -0.39 is 5.60 Å². The van der Waals surface area contributed by atoms with Gasteiger partial charge in [-0.25, -0.2) is 4.79 Å². The molecular weight excluding hydrogens is 378 g/mol. The molecule has 0 bridgehead atoms. The van der Waals surface area contributed by atoms with Crippen LogP contribution in [-0.2, 0) is 10.3 Å². The van der Waals surface area contributed by atoms with Crippen LogP contribution in [0.2, 0.25) is 0 Å². The van der Waals surface area contributed by atoms with Crippen molar-refractivity contribution in [2.45, 2.75) is 19.4 Å². The van der Waals surface area contributed by atoms with Gasteiger partial charge in [-0.05, 0) is 56.3 Å². The van der Waals surface area contributed by atoms with Crippen LogP contribution in [0.15, 0.2) is 60.7 Å². The number of anilines is 1. The third-order valence-corrected chi connectivity index (χ3v) is 6.03. The topological polar surface area (TPSA) is 48.0 Å². The average Bonchev–Trinajstić information content (AvgIpc) is 3.08. The van der Waals surface area contributed by atoms with E-state index in [1.165, 1.54) is 0 Å². The first-order chi connectivity index (χ1) is 14.6. The molecule has 0 N–H and O–H groups in total. The maximum atomic E-state index is 12.9. The lowest BCUT2D eigenvalue weighted by atomic mass is 9.77. The summed E-state index contributed by atoms with van der Waals surface area (Å²) in [4.78, 5) is 15.2. The van der Waals surface area contributed by atoms with Crippen molar-refractivity contribution in [3.63, 3.8) is 0 Å². The van der Waals surface area contributed by atoms with Crippen LogP contribution in [-0.4, -0.2) is 26.2 Å². The van der Waals surface area contributed by atoms with Crippen LogP contribution in [0.5, 0.6) is 17.2 Å². The molecule has 2 aliphatic rings. The Morgan fingerprint density at radius 3 is 2.33 bits per heavy atom. The number of nitrogens with zero attached hydrogens (tertiary/aromatic N) is 1. The quantitative estimate of drug-likeness (QED) is 0.569. The van der Waals surface area contributed by atoms with E-state index in [2.05, 4.69) is 30.9 Å². The third kappa shape index (κ3) is 2.45. The zero-order valence-electron chi connectivity index (χ0n) is 17.3. The van der Waals surface area contributed by atoms with Gasteiger partial charge in [0, 0.05) is 29.9 Å². The van der Waals surface area contributed by atoms with Gasteiger partial charge in [-0.1, -0.05) is 18.2 Å². The number of carbonyl (C=O) groups excluding carboxylic acids is 1. The van der Waals surface area contributed by atoms with E-state index in [0.29, 0.717) is 22.8 Å². The Labute approximate surface area is 175 Å². The van der Waals surface area contributed by atoms with Crippen LogP contribution < -0.4 is 14.4 Å². The number of rotatable bonds is 4. The Morgan fingerprint density at radius 2 is 1.60 bits per heavy atom. The van der Waals surface area contributed by atoms with Gasteiger partial charge in [0.25, 0.3) is 0 Å². The highest BCUT2D eigenvalue weighted by Gasteiger charge is 2.53. The molecule has 0 amide bonds. The molecule has 3 aromatic rings. The maximum Gasteiger partial charge on any atom is 0.340 e. The fourth-order valence-corrected chi connectivity index (χ4v) is 4.55. The van der Waals surface area contributed by atoms with Crippen molar-refractivity contribution in [3.05, 3.63) is 82.9 Å². The minimum absolute atomic E-state index is 0.333. The SMILES string of the molecule is CCN(CC)c1ccc2c(c1)C1(OC(=O)c3ccccc31)c1cc(OC)ccc1O2. The fourth-order valence-electron chi connectivity index (χ4n) is 4.55. The van der Waals surface area contributed by atoms with Crippen molar-refractivity contribution >= 4 is 11.7 Å². The van der Waals surface area contributed by atoms with E-state index in [1.54, 1.807) is 7.11 Å². The highest BCUT2D eigenvalue weighted by Crippen LogP contribution is 2.57. The van der Waals surface area contributed by atoms with Crippen LogP contribution >= 0.6 is 0 Å². The van der Waals surface area contributed by atoms with E-state index in [4.69, 9.17) is 14.2 Å². The smallest absolute Gasteiger partial charge is 0.340 e. The van der Waals surface area contributed by atoms with Crippen LogP contribution in [0.3, 0.4) is 0 Å². The second-order valence-electron chi connectivity index (χ2n) is 7.43. The summed E-state index contributed by atoms with van der Waals surface area (Å²) in [6.07, 6.45) is 0. The molecule has 0 saturated heterocycles. The fraction of sp³-hybridized carbons (Fsp3) is 0.240. The van der Waals surface area contributed by atoms with Gasteiger partial charge in [0.05, 0.1) is 18.2 Å². The summed E-state index contributed by atoms with van der Waals surface area (Å²) in [5.41, 5.74) is 2.98. The predicted octanol–water partition coefficient (Wildman–Crippen LogP) is 5.11. The molecule has 0 radical (unpaired) electrons. The lowest BCUT2D eigenvalue weighted by molar-refractivity contribution is 0.0223. The van der Waals surface area contributed by atoms with Gasteiger partial charge in [0.1, 0.15) is 17.2 Å². The zero-order chi connectivity index (χ0) is 20.9. The number of fused-ring (bicyclic) bond motifs is 6. The lowest BCUT2D eigenvalue weighted by Crippen LogP contribution is -2.33. The molecule has 2 heterocycles. The van der Waals surface area contributed by atoms with E-state index in [9.17, 15) is 4.79 Å². The van der Waals surface area contributed by atoms with Gasteiger partial charge in [-0.3, -0.25) is 0 Å². The number of methoxy groups -OCH3 is 1. The molecule has 0 fully saturated rings. The first-order valence-electron chi connectivity index (χ1n) is 10.2. The standard InChI is InChI=1S/C25H23NO4/c1-4-26(5-2)16-10-12-22-20(14-16)25(19-9-7-6-8-18(19)24(27)30-25)21-15-17(28-3)11-13-23(21)29-22/h6-15H,4-5H2,1-3H3. The molecule has 0 saturated carbocycles. The number of benzene rings is 3. The summed E-state index contributed by atoms with van der Waals surface area (Å²) in [7, 11) is 1.62. The second kappa shape index (κ2) is 6.80. The summed E-state index contributed by atoms with van der Waals surface area (Å²) in [5.74, 6) is 1.69. The molecule has 2 aliphatic heterocycles. The van der Waals surface area contributed by atoms with Crippen molar-refractivity contribution in [2.24, 2.45) is 0 Å². The number of hydrogen-bond acceptors (Lipinski definition) is 5. The van der Waals surface area contributed by atoms with Gasteiger partial charge in [0.15, 0.2) is 5.60 Å². The monoisotopic (exact) mass is 401 g/mol. The minimum Gasteiger partial charge on any atom is -0.497 e. The van der Waals surface area contributed by atoms with Crippen molar-refractivity contribution in [2.75, 3.05) is 25.1 Å². The Bertz CT molecular complexity index is 1150. The van der Waals surface area contributed by atoms with Crippen LogP contribution in [0.1, 0.15) is 40.9 Å². The van der Waals surface area contributed by atoms with Crippen LogP contribution in [0.25, 0.3) is 0 Å². The Morgan fingerprint density at radius 1 is 0.900 bits per heavy atom. The van der Waals surface area contributed by atoms with Crippen LogP contribution in [0, 0.1) is 0 Å². The number of carbonyl (C=O) groups is 1. The van der Waals surface area contributed by atoms with Crippen molar-refractivity contribution in [3.8, 4) is 17.2 Å². The minimum atomic E-state index is -1.08. The first kappa shape index (κ1) is 18.6. The molecule has 30 heavy (non-hydrogen) atoms. The summed E-state index contributed by atoms with van der Waals surface area (Å²) in [6, 6.07) is 19.3. The van der Waals surface area contributed by atoms with Gasteiger partial charge in [-0.15, -0.1) is 0 Å². The van der Waals surface area contributed by atoms with Gasteiger partial charge in [-0.2, -0.15) is 0 Å². The number of ether oxygens (including phenoxy) is 3. The van der Waals surface area contributed by atoms with Gasteiger partial charge in [0.2, 0.25) is 0 Å². The molecule has 5 heteroatoms. The second-order valence-corrected chi connectivity index (χ2v) is 7.43. The zero-order valence-corrected chi connectivity index (χ0v) is 17.3. The lowest BCUT2D eigenvalue weighted by Gasteiger charge is -2.37. The maximum absolute atomic E-state index is 12.9. The molecular formula is C25H23NO4. The van der Waals surface area contributed by atoms with Gasteiger partial charge < -0.3 is 19.1 Å². The number of esters is 1. The summed E-state index contributed by atoms with van der Waals surface area (Å²) in [6.45, 7) is 6.01. The molecule has 3 aromatic carbocycles. The third-order valence-electron chi connectivity index (χ3n) is 6.03. The van der Waals surface area contributed by atoms with E-state index in [1.807, 2.05) is 48.5 Å². The normalized spacial score (nSPS) is 18.2. The van der Waals surface area contributed by atoms with Crippen molar-refractivity contribution in [1.82, 2.24) is 0 Å². The van der Waals surface area contributed by atoms with E-state index >= 15 is 0 Å². The highest BCUT2D eigenvalue weighted by atomic mass is 16.6. The van der Waals surface area contributed by atoms with Crippen LogP contribution in [0.4, 0.5) is 5.69 Å². The summed E-state index contributed by atoms with van der Waals surface area (Å²) < 4.78 is 18.0. The Balaban J connectivity index is 1.84. The van der Waals surface area contributed by atoms with Gasteiger partial charge >= 0.3 is 5.97 Å². The number of hydrogen-bond donors (Lipinski definition) is 0. The van der Waals surface area contributed by atoms with E-state index in [-0.39, 0.29) is 5.97 Å². The van der Waals surface area contributed by atoms with Crippen molar-refractivity contribution < 1.29 is 19.0 Å².